The zero-order valence-corrected chi connectivity index (χ0v) is 17.0. The lowest BCUT2D eigenvalue weighted by Gasteiger charge is -2.22. The van der Waals surface area contributed by atoms with Crippen LogP contribution in [0.2, 0.25) is 0 Å². The highest BCUT2D eigenvalue weighted by Crippen LogP contribution is 2.37. The van der Waals surface area contributed by atoms with Crippen molar-refractivity contribution in [3.63, 3.8) is 0 Å². The maximum atomic E-state index is 13.3. The standard InChI is InChI=1S/C26H19F5O/c1-16-19(11-17-3-2-4-21(12-17)26(29,30)31)6-7-20-14-22(8-9-23(16)20)32-15-18-5-10-24(27)25(28)13-18/h2-5,8-14H,1,6-7,15H2/b19-11+. The van der Waals surface area contributed by atoms with E-state index in [1.54, 1.807) is 18.2 Å². The van der Waals surface area contributed by atoms with Gasteiger partial charge in [0.2, 0.25) is 0 Å². The van der Waals surface area contributed by atoms with Gasteiger partial charge in [0.25, 0.3) is 0 Å². The van der Waals surface area contributed by atoms with Crippen LogP contribution in [-0.4, -0.2) is 0 Å². The Balaban J connectivity index is 1.50. The topological polar surface area (TPSA) is 9.23 Å². The first-order valence-corrected chi connectivity index (χ1v) is 9.98. The molecule has 1 nitrogen and oxygen atoms in total. The van der Waals surface area contributed by atoms with Gasteiger partial charge < -0.3 is 4.74 Å². The molecule has 3 aromatic carbocycles. The Labute approximate surface area is 182 Å². The number of hydrogen-bond acceptors (Lipinski definition) is 1. The van der Waals surface area contributed by atoms with Crippen LogP contribution in [0, 0.1) is 11.6 Å². The third-order valence-electron chi connectivity index (χ3n) is 5.40. The normalized spacial score (nSPS) is 15.0. The van der Waals surface area contributed by atoms with Gasteiger partial charge in [-0.25, -0.2) is 8.78 Å². The predicted molar refractivity (Wildman–Crippen MR) is 114 cm³/mol. The molecule has 4 rings (SSSR count). The molecule has 6 heteroatoms. The smallest absolute Gasteiger partial charge is 0.416 e. The van der Waals surface area contributed by atoms with Crippen molar-refractivity contribution >= 4 is 11.6 Å². The predicted octanol–water partition coefficient (Wildman–Crippen LogP) is 7.61. The molecule has 0 saturated heterocycles. The Morgan fingerprint density at radius 3 is 2.47 bits per heavy atom. The molecular formula is C26H19F5O. The van der Waals surface area contributed by atoms with Crippen LogP contribution < -0.4 is 4.74 Å². The summed E-state index contributed by atoms with van der Waals surface area (Å²) in [5.74, 6) is -1.24. The number of allylic oxidation sites excluding steroid dienone is 2. The molecule has 0 unspecified atom stereocenters. The Morgan fingerprint density at radius 1 is 0.906 bits per heavy atom. The molecule has 32 heavy (non-hydrogen) atoms. The lowest BCUT2D eigenvalue weighted by atomic mass is 9.83. The van der Waals surface area contributed by atoms with Crippen LogP contribution in [-0.2, 0) is 19.2 Å². The average molecular weight is 442 g/mol. The first kappa shape index (κ1) is 21.8. The lowest BCUT2D eigenvalue weighted by molar-refractivity contribution is -0.137. The minimum absolute atomic E-state index is 0.0949. The fourth-order valence-corrected chi connectivity index (χ4v) is 3.72. The van der Waals surface area contributed by atoms with Gasteiger partial charge in [0.1, 0.15) is 12.4 Å². The second-order valence-corrected chi connectivity index (χ2v) is 7.63. The van der Waals surface area contributed by atoms with Gasteiger partial charge in [-0.05, 0) is 82.6 Å². The molecule has 0 heterocycles. The summed E-state index contributed by atoms with van der Waals surface area (Å²) in [6.45, 7) is 4.23. The highest BCUT2D eigenvalue weighted by atomic mass is 19.4. The van der Waals surface area contributed by atoms with Gasteiger partial charge in [0.15, 0.2) is 11.6 Å². The SMILES string of the molecule is C=C1/C(=C/c2cccc(C(F)(F)F)c2)CCc2cc(OCc3ccc(F)c(F)c3)ccc21. The average Bonchev–Trinajstić information content (AvgIpc) is 2.76. The Hall–Kier alpha value is -3.41. The minimum Gasteiger partial charge on any atom is -0.489 e. The highest BCUT2D eigenvalue weighted by molar-refractivity contribution is 5.86. The quantitative estimate of drug-likeness (QED) is 0.378. The van der Waals surface area contributed by atoms with E-state index in [1.807, 2.05) is 12.1 Å². The Kier molecular flexibility index (Phi) is 5.87. The van der Waals surface area contributed by atoms with E-state index in [-0.39, 0.29) is 6.61 Å². The first-order chi connectivity index (χ1) is 15.2. The lowest BCUT2D eigenvalue weighted by Crippen LogP contribution is -2.06. The summed E-state index contributed by atoms with van der Waals surface area (Å²) in [7, 11) is 0. The molecule has 0 aromatic heterocycles. The second kappa shape index (κ2) is 8.61. The van der Waals surface area contributed by atoms with E-state index in [9.17, 15) is 22.0 Å². The number of halogens is 5. The van der Waals surface area contributed by atoms with E-state index >= 15 is 0 Å². The van der Waals surface area contributed by atoms with Gasteiger partial charge in [-0.1, -0.05) is 36.9 Å². The van der Waals surface area contributed by atoms with Crippen LogP contribution in [0.4, 0.5) is 22.0 Å². The molecule has 0 atom stereocenters. The van der Waals surface area contributed by atoms with E-state index in [1.165, 1.54) is 12.1 Å². The van der Waals surface area contributed by atoms with Gasteiger partial charge >= 0.3 is 6.18 Å². The summed E-state index contributed by atoms with van der Waals surface area (Å²) in [6, 6.07) is 14.3. The fourth-order valence-electron chi connectivity index (χ4n) is 3.72. The number of ether oxygens (including phenoxy) is 1. The van der Waals surface area contributed by atoms with Crippen LogP contribution in [0.5, 0.6) is 5.75 Å². The Bertz CT molecular complexity index is 1210. The molecule has 0 bridgehead atoms. The van der Waals surface area contributed by atoms with Crippen molar-refractivity contribution in [3.8, 4) is 5.75 Å². The van der Waals surface area contributed by atoms with Gasteiger partial charge in [-0.2, -0.15) is 13.2 Å². The molecule has 0 fully saturated rings. The molecule has 0 spiro atoms. The van der Waals surface area contributed by atoms with Crippen LogP contribution in [0.1, 0.15) is 34.2 Å². The highest BCUT2D eigenvalue weighted by Gasteiger charge is 2.30. The number of hydrogen-bond donors (Lipinski definition) is 0. The molecule has 0 aliphatic heterocycles. The third kappa shape index (κ3) is 4.74. The monoisotopic (exact) mass is 442 g/mol. The molecule has 1 aliphatic carbocycles. The number of alkyl halides is 3. The van der Waals surface area contributed by atoms with E-state index < -0.39 is 23.4 Å². The van der Waals surface area contributed by atoms with Crippen molar-refractivity contribution in [1.29, 1.82) is 0 Å². The first-order valence-electron chi connectivity index (χ1n) is 9.98. The zero-order chi connectivity index (χ0) is 22.9. The largest absolute Gasteiger partial charge is 0.489 e. The van der Waals surface area contributed by atoms with Gasteiger partial charge in [0.05, 0.1) is 5.56 Å². The maximum Gasteiger partial charge on any atom is 0.416 e. The summed E-state index contributed by atoms with van der Waals surface area (Å²) in [4.78, 5) is 0. The molecule has 164 valence electrons. The van der Waals surface area contributed by atoms with Crippen molar-refractivity contribution < 1.29 is 26.7 Å². The molecule has 0 radical (unpaired) electrons. The van der Waals surface area contributed by atoms with Crippen molar-refractivity contribution in [2.75, 3.05) is 0 Å². The number of benzene rings is 3. The van der Waals surface area contributed by atoms with Crippen LogP contribution in [0.25, 0.3) is 11.6 Å². The summed E-state index contributed by atoms with van der Waals surface area (Å²) in [6.07, 6.45) is -1.33. The van der Waals surface area contributed by atoms with E-state index in [0.29, 0.717) is 29.7 Å². The number of aryl methyl sites for hydroxylation is 1. The summed E-state index contributed by atoms with van der Waals surface area (Å²) >= 11 is 0. The Morgan fingerprint density at radius 2 is 1.72 bits per heavy atom. The van der Waals surface area contributed by atoms with Crippen molar-refractivity contribution in [3.05, 3.63) is 112 Å². The zero-order valence-electron chi connectivity index (χ0n) is 17.0. The summed E-state index contributed by atoms with van der Waals surface area (Å²) < 4.78 is 71.1. The third-order valence-corrected chi connectivity index (χ3v) is 5.40. The van der Waals surface area contributed by atoms with Gasteiger partial charge in [-0.15, -0.1) is 0 Å². The molecule has 0 saturated carbocycles. The van der Waals surface area contributed by atoms with E-state index in [2.05, 4.69) is 6.58 Å². The van der Waals surface area contributed by atoms with Gasteiger partial charge in [0, 0.05) is 0 Å². The van der Waals surface area contributed by atoms with E-state index in [4.69, 9.17) is 4.74 Å². The molecule has 0 amide bonds. The maximum absolute atomic E-state index is 13.3. The number of fused-ring (bicyclic) bond motifs is 1. The summed E-state index contributed by atoms with van der Waals surface area (Å²) in [5.41, 5.74) is 3.87. The van der Waals surface area contributed by atoms with Crippen LogP contribution >= 0.6 is 0 Å². The molecule has 0 N–H and O–H groups in total. The van der Waals surface area contributed by atoms with Gasteiger partial charge in [-0.3, -0.25) is 0 Å². The van der Waals surface area contributed by atoms with Crippen LogP contribution in [0.3, 0.4) is 0 Å². The molecular weight excluding hydrogens is 423 g/mol. The van der Waals surface area contributed by atoms with Crippen molar-refractivity contribution in [2.24, 2.45) is 0 Å². The summed E-state index contributed by atoms with van der Waals surface area (Å²) in [5, 5.41) is 0. The van der Waals surface area contributed by atoms with Crippen molar-refractivity contribution in [2.45, 2.75) is 25.6 Å². The number of rotatable bonds is 4. The van der Waals surface area contributed by atoms with E-state index in [0.717, 1.165) is 46.5 Å². The minimum atomic E-state index is -4.39. The van der Waals surface area contributed by atoms with Crippen LogP contribution in [0.15, 0.2) is 72.8 Å². The fraction of sp³-hybridized carbons (Fsp3) is 0.154. The molecule has 1 aliphatic rings. The van der Waals surface area contributed by atoms with Crippen molar-refractivity contribution in [1.82, 2.24) is 0 Å². The molecule has 3 aromatic rings. The second-order valence-electron chi connectivity index (χ2n) is 7.63.